The molecule has 60 heavy (non-hydrogen) atoms. The van der Waals surface area contributed by atoms with Crippen molar-refractivity contribution >= 4 is 68.9 Å². The Labute approximate surface area is 360 Å². The number of hydrogen-bond acceptors (Lipinski definition) is 8. The molecule has 0 bridgehead atoms. The molecule has 2 atom stereocenters. The van der Waals surface area contributed by atoms with E-state index >= 15 is 0 Å². The van der Waals surface area contributed by atoms with E-state index in [4.69, 9.17) is 18.9 Å². The molecule has 2 amide bonds. The van der Waals surface area contributed by atoms with E-state index in [-0.39, 0.29) is 54.0 Å². The van der Waals surface area contributed by atoms with Gasteiger partial charge in [-0.15, -0.1) is 0 Å². The Hall–Kier alpha value is -4.98. The summed E-state index contributed by atoms with van der Waals surface area (Å²) in [4.78, 5) is 52.6. The third-order valence-electron chi connectivity index (χ3n) is 12.1. The number of furan rings is 2. The molecule has 3 aliphatic carbocycles. The van der Waals surface area contributed by atoms with Crippen LogP contribution in [0.3, 0.4) is 0 Å². The molecule has 0 radical (unpaired) electrons. The van der Waals surface area contributed by atoms with Crippen molar-refractivity contribution in [2.24, 2.45) is 23.7 Å². The minimum absolute atomic E-state index is 0.0295. The molecule has 5 N–H and O–H groups in total. The van der Waals surface area contributed by atoms with Crippen LogP contribution in [0, 0.1) is 23.7 Å². The Morgan fingerprint density at radius 3 is 1.92 bits per heavy atom. The smallest absolute Gasteiger partial charge is 0.453 e. The number of aromatic amines is 1. The monoisotopic (exact) mass is 879 g/mol. The summed E-state index contributed by atoms with van der Waals surface area (Å²) in [5.41, 5.74) is 4.92. The van der Waals surface area contributed by atoms with E-state index in [1.807, 2.05) is 30.5 Å². The van der Waals surface area contributed by atoms with E-state index in [1.165, 1.54) is 24.0 Å². The number of amides is 2. The van der Waals surface area contributed by atoms with Crippen LogP contribution in [-0.2, 0) is 16.0 Å². The number of Topliss-reactive ketones (excluding diaryl/α,β-unsaturated/α-hetero) is 2. The number of ketones is 2. The van der Waals surface area contributed by atoms with Crippen molar-refractivity contribution in [3.05, 3.63) is 106 Å². The zero-order valence-electron chi connectivity index (χ0n) is 34.4. The van der Waals surface area contributed by atoms with Crippen LogP contribution < -0.4 is 16.1 Å². The second-order valence-corrected chi connectivity index (χ2v) is 16.8. The van der Waals surface area contributed by atoms with E-state index < -0.39 is 7.12 Å². The normalized spacial score (nSPS) is 16.1. The number of nitrogens with one attached hydrogen (secondary N) is 3. The molecule has 0 unspecified atom stereocenters. The van der Waals surface area contributed by atoms with Gasteiger partial charge in [-0.05, 0) is 124 Å². The van der Waals surface area contributed by atoms with Gasteiger partial charge in [-0.2, -0.15) is 0 Å². The van der Waals surface area contributed by atoms with Gasteiger partial charge in [0.1, 0.15) is 5.76 Å². The number of halogens is 1. The van der Waals surface area contributed by atoms with Gasteiger partial charge in [-0.25, -0.2) is 0 Å². The summed E-state index contributed by atoms with van der Waals surface area (Å²) in [5.74, 6) is 1.21. The third kappa shape index (κ3) is 11.6. The fourth-order valence-corrected chi connectivity index (χ4v) is 9.04. The van der Waals surface area contributed by atoms with Crippen molar-refractivity contribution in [1.29, 1.82) is 0 Å². The van der Waals surface area contributed by atoms with Gasteiger partial charge in [0.2, 0.25) is 11.8 Å². The highest BCUT2D eigenvalue weighted by Gasteiger charge is 2.33. The van der Waals surface area contributed by atoms with Crippen LogP contribution in [0.15, 0.2) is 92.5 Å². The molecule has 8 rings (SSSR count). The number of rotatable bonds is 12. The third-order valence-corrected chi connectivity index (χ3v) is 12.5. The first-order valence-electron chi connectivity index (χ1n) is 21.1. The van der Waals surface area contributed by atoms with Crippen LogP contribution in [0.5, 0.6) is 0 Å². The van der Waals surface area contributed by atoms with Crippen molar-refractivity contribution in [1.82, 2.24) is 15.6 Å². The highest BCUT2D eigenvalue weighted by atomic mass is 79.9. The van der Waals surface area contributed by atoms with Gasteiger partial charge in [0.25, 0.3) is 0 Å². The Bertz CT molecular complexity index is 2260. The molecule has 0 saturated heterocycles. The summed E-state index contributed by atoms with van der Waals surface area (Å²) >= 11 is 3.19. The van der Waals surface area contributed by atoms with Gasteiger partial charge >= 0.3 is 7.12 Å². The minimum atomic E-state index is -1.39. The van der Waals surface area contributed by atoms with Crippen LogP contribution in [0.25, 0.3) is 28.3 Å². The zero-order valence-corrected chi connectivity index (χ0v) is 36.0. The number of hydrogen-bond donors (Lipinski definition) is 5. The van der Waals surface area contributed by atoms with E-state index in [9.17, 15) is 19.2 Å². The summed E-state index contributed by atoms with van der Waals surface area (Å²) in [6, 6.07) is 20.4. The van der Waals surface area contributed by atoms with E-state index in [0.717, 1.165) is 74.3 Å². The van der Waals surface area contributed by atoms with Gasteiger partial charge in [-0.3, -0.25) is 19.2 Å². The molecule has 5 aromatic rings. The molecule has 2 aromatic carbocycles. The largest absolute Gasteiger partial charge is 0.488 e. The molecule has 2 fully saturated rings. The van der Waals surface area contributed by atoms with Crippen molar-refractivity contribution < 1.29 is 38.1 Å². The lowest BCUT2D eigenvalue weighted by Crippen LogP contribution is -2.35. The lowest BCUT2D eigenvalue weighted by atomic mass is 9.77. The molecule has 3 aromatic heterocycles. The van der Waals surface area contributed by atoms with Crippen LogP contribution in [0.2, 0.25) is 0 Å². The number of H-pyrrole nitrogens is 1. The molecule has 2 saturated carbocycles. The Kier molecular flexibility index (Phi) is 16.0. The number of aromatic nitrogens is 1. The van der Waals surface area contributed by atoms with Gasteiger partial charge in [0.15, 0.2) is 27.8 Å². The van der Waals surface area contributed by atoms with E-state index in [1.54, 1.807) is 44.4 Å². The molecule has 11 nitrogen and oxygen atoms in total. The molecule has 13 heteroatoms. The molecule has 316 valence electrons. The maximum Gasteiger partial charge on any atom is 0.488 e. The van der Waals surface area contributed by atoms with Crippen molar-refractivity contribution in [2.45, 2.75) is 83.5 Å². The first kappa shape index (κ1) is 44.6. The predicted octanol–water partition coefficient (Wildman–Crippen LogP) is 8.44. The topological polar surface area (TPSA) is 175 Å². The van der Waals surface area contributed by atoms with Crippen LogP contribution in [-0.4, -0.2) is 59.6 Å². The van der Waals surface area contributed by atoms with Crippen molar-refractivity contribution in [2.75, 3.05) is 14.1 Å². The summed E-state index contributed by atoms with van der Waals surface area (Å²) in [6.45, 7) is 0. The lowest BCUT2D eigenvalue weighted by Gasteiger charge is -2.28. The highest BCUT2D eigenvalue weighted by molar-refractivity contribution is 9.10. The average molecular weight is 881 g/mol. The van der Waals surface area contributed by atoms with E-state index in [0.29, 0.717) is 33.3 Å². The summed E-state index contributed by atoms with van der Waals surface area (Å²) in [6.07, 6.45) is 18.6. The van der Waals surface area contributed by atoms with Crippen molar-refractivity contribution in [3.8, 4) is 11.3 Å². The molecule has 0 spiro atoms. The number of fused-ring (bicyclic) bond motifs is 2. The number of benzene rings is 2. The number of allylic oxidation sites excluding steroid dienone is 1. The maximum absolute atomic E-state index is 12.9. The molecule has 3 aliphatic rings. The van der Waals surface area contributed by atoms with Crippen LogP contribution in [0.1, 0.15) is 109 Å². The standard InChI is InChI=1S/C24H27NO3.C15H20BrNO3.C8H8BNO2/c1-25-24(27)20(17-6-3-2-4-7-17)15-21(26)23-13-12-22(28-23)19-11-10-16-8-5-9-18(16)14-19;1-17-15(19)11(10-5-3-2-4-6-10)9-12(18)13-7-8-14(16)20-13;11-9(12)7-2-1-6-3-4-10-8(6)5-7/h5,8,10-14,17,20H,2-4,6-7,9,15H2,1H3,(H,25,27);7-8,10-11H,2-6,9H2,1H3,(H,17,19);1-5,10-12H/t20-;11-;/m00./s1. The lowest BCUT2D eigenvalue weighted by molar-refractivity contribution is -0.127. The number of carbonyl (C=O) groups excluding carboxylic acids is 4. The fourth-order valence-electron chi connectivity index (χ4n) is 8.74. The minimum Gasteiger partial charge on any atom is -0.453 e. The number of carbonyl (C=O) groups is 4. The second kappa shape index (κ2) is 21.5. The average Bonchev–Trinajstić information content (AvgIpc) is 4.12. The van der Waals surface area contributed by atoms with Gasteiger partial charge < -0.3 is 34.5 Å². The first-order chi connectivity index (χ1) is 29.0. The first-order valence-corrected chi connectivity index (χ1v) is 21.9. The van der Waals surface area contributed by atoms with Gasteiger partial charge in [0.05, 0.1) is 0 Å². The maximum atomic E-state index is 12.9. The van der Waals surface area contributed by atoms with Gasteiger partial charge in [0, 0.05) is 56.0 Å². The van der Waals surface area contributed by atoms with Crippen LogP contribution >= 0.6 is 15.9 Å². The van der Waals surface area contributed by atoms with Gasteiger partial charge in [-0.1, -0.05) is 74.9 Å². The Morgan fingerprint density at radius 2 is 1.35 bits per heavy atom. The fraction of sp³-hybridized carbons (Fsp3) is 0.404. The summed E-state index contributed by atoms with van der Waals surface area (Å²) in [5, 5.41) is 24.2. The van der Waals surface area contributed by atoms with E-state index in [2.05, 4.69) is 55.8 Å². The Morgan fingerprint density at radius 1 is 0.750 bits per heavy atom. The Balaban J connectivity index is 0.000000164. The predicted molar refractivity (Wildman–Crippen MR) is 238 cm³/mol. The summed E-state index contributed by atoms with van der Waals surface area (Å²) in [7, 11) is 1.89. The second-order valence-electron chi connectivity index (χ2n) is 16.0. The van der Waals surface area contributed by atoms with Crippen molar-refractivity contribution in [3.63, 3.8) is 0 Å². The molecular weight excluding hydrogens is 825 g/mol. The highest BCUT2D eigenvalue weighted by Crippen LogP contribution is 2.35. The molecule has 0 aliphatic heterocycles. The molecule has 3 heterocycles. The molecular formula is C47H55BBrN3O8. The quantitative estimate of drug-likeness (QED) is 0.0613. The van der Waals surface area contributed by atoms with Crippen LogP contribution in [0.4, 0.5) is 0 Å². The SMILES string of the molecule is CNC(=O)[C@@H](CC(=O)c1ccc(-c2ccc3c(c2)CC=C3)o1)C1CCCCC1.CNC(=O)[C@@H](CC(=O)c1ccc(Br)o1)C1CCCCC1.OB(O)c1ccc2cc[nH]c2c1. The zero-order chi connectivity index (χ0) is 42.6. The summed E-state index contributed by atoms with van der Waals surface area (Å²) < 4.78 is 11.7.